The van der Waals surface area contributed by atoms with Crippen molar-refractivity contribution in [1.29, 1.82) is 5.26 Å². The fraction of sp³-hybridized carbons (Fsp3) is 0.385. The number of nitrogens with zero attached hydrogens (tertiary/aromatic N) is 3. The summed E-state index contributed by atoms with van der Waals surface area (Å²) in [5.41, 5.74) is 1.57. The van der Waals surface area contributed by atoms with Crippen LogP contribution in [-0.4, -0.2) is 20.8 Å². The zero-order chi connectivity index (χ0) is 12.3. The van der Waals surface area contributed by atoms with Crippen LogP contribution in [0.3, 0.4) is 0 Å². The molecule has 0 fully saturated rings. The van der Waals surface area contributed by atoms with Crippen LogP contribution in [0.25, 0.3) is 10.9 Å². The van der Waals surface area contributed by atoms with Gasteiger partial charge in [0.05, 0.1) is 12.1 Å². The fourth-order valence-electron chi connectivity index (χ4n) is 1.76. The number of para-hydroxylation sites is 1. The molecule has 0 aliphatic heterocycles. The minimum atomic E-state index is 0.523. The molecule has 88 valence electrons. The number of thioether (sulfide) groups is 1. The first kappa shape index (κ1) is 12.0. The highest BCUT2D eigenvalue weighted by molar-refractivity contribution is 7.99. The predicted octanol–water partition coefficient (Wildman–Crippen LogP) is 3.05. The standard InChI is InChI=1S/C13H15N3S/c1-10(2)17-8-7-16-13-6-4-3-5-11(13)12(9-14)15-16/h3-6,10H,7-8H2,1-2H3. The van der Waals surface area contributed by atoms with Gasteiger partial charge >= 0.3 is 0 Å². The lowest BCUT2D eigenvalue weighted by atomic mass is 10.2. The van der Waals surface area contributed by atoms with Gasteiger partial charge in [0.15, 0.2) is 5.69 Å². The van der Waals surface area contributed by atoms with Gasteiger partial charge in [-0.05, 0) is 17.4 Å². The van der Waals surface area contributed by atoms with Crippen LogP contribution < -0.4 is 0 Å². The van der Waals surface area contributed by atoms with Gasteiger partial charge in [-0.1, -0.05) is 26.0 Å². The summed E-state index contributed by atoms with van der Waals surface area (Å²) in [6.45, 7) is 5.23. The van der Waals surface area contributed by atoms with Crippen molar-refractivity contribution < 1.29 is 0 Å². The Kier molecular flexibility index (Phi) is 3.70. The molecule has 17 heavy (non-hydrogen) atoms. The third-order valence-corrected chi connectivity index (χ3v) is 3.60. The van der Waals surface area contributed by atoms with E-state index in [0.717, 1.165) is 23.2 Å². The third kappa shape index (κ3) is 2.62. The average molecular weight is 245 g/mol. The van der Waals surface area contributed by atoms with E-state index >= 15 is 0 Å². The van der Waals surface area contributed by atoms with Gasteiger partial charge in [0.2, 0.25) is 0 Å². The van der Waals surface area contributed by atoms with Gasteiger partial charge in [-0.3, -0.25) is 4.68 Å². The second kappa shape index (κ2) is 5.24. The lowest BCUT2D eigenvalue weighted by Crippen LogP contribution is -2.04. The summed E-state index contributed by atoms with van der Waals surface area (Å²) >= 11 is 1.91. The summed E-state index contributed by atoms with van der Waals surface area (Å²) in [5.74, 6) is 1.02. The van der Waals surface area contributed by atoms with E-state index in [4.69, 9.17) is 5.26 Å². The van der Waals surface area contributed by atoms with E-state index in [1.165, 1.54) is 0 Å². The van der Waals surface area contributed by atoms with Gasteiger partial charge in [-0.25, -0.2) is 0 Å². The van der Waals surface area contributed by atoms with Crippen molar-refractivity contribution >= 4 is 22.7 Å². The maximum atomic E-state index is 9.03. The number of nitriles is 1. The van der Waals surface area contributed by atoms with E-state index < -0.39 is 0 Å². The van der Waals surface area contributed by atoms with E-state index in [-0.39, 0.29) is 0 Å². The summed E-state index contributed by atoms with van der Waals surface area (Å²) < 4.78 is 1.93. The number of rotatable bonds is 4. The molecule has 2 aromatic rings. The van der Waals surface area contributed by atoms with Crippen LogP contribution in [-0.2, 0) is 6.54 Å². The highest BCUT2D eigenvalue weighted by Crippen LogP contribution is 2.18. The second-order valence-electron chi connectivity index (χ2n) is 4.12. The number of hydrogen-bond donors (Lipinski definition) is 0. The molecule has 0 saturated heterocycles. The number of fused-ring (bicyclic) bond motifs is 1. The molecule has 0 aliphatic carbocycles. The molecule has 0 unspecified atom stereocenters. The van der Waals surface area contributed by atoms with Crippen molar-refractivity contribution in [1.82, 2.24) is 9.78 Å². The molecule has 0 N–H and O–H groups in total. The monoisotopic (exact) mass is 245 g/mol. The summed E-state index contributed by atoms with van der Waals surface area (Å²) in [5, 5.41) is 15.0. The first-order valence-corrected chi connectivity index (χ1v) is 6.74. The Morgan fingerprint density at radius 1 is 1.41 bits per heavy atom. The molecule has 1 heterocycles. The van der Waals surface area contributed by atoms with Crippen molar-refractivity contribution in [2.45, 2.75) is 25.6 Å². The zero-order valence-corrected chi connectivity index (χ0v) is 10.9. The largest absolute Gasteiger partial charge is 0.263 e. The smallest absolute Gasteiger partial charge is 0.170 e. The molecule has 0 saturated carbocycles. The van der Waals surface area contributed by atoms with Gasteiger partial charge < -0.3 is 0 Å². The van der Waals surface area contributed by atoms with E-state index in [1.54, 1.807) is 0 Å². The Morgan fingerprint density at radius 3 is 2.88 bits per heavy atom. The highest BCUT2D eigenvalue weighted by Gasteiger charge is 2.08. The van der Waals surface area contributed by atoms with Crippen molar-refractivity contribution in [2.24, 2.45) is 0 Å². The van der Waals surface area contributed by atoms with Crippen molar-refractivity contribution in [3.63, 3.8) is 0 Å². The Balaban J connectivity index is 2.26. The van der Waals surface area contributed by atoms with Crippen LogP contribution in [0.15, 0.2) is 24.3 Å². The van der Waals surface area contributed by atoms with Gasteiger partial charge in [0.1, 0.15) is 6.07 Å². The number of benzene rings is 1. The van der Waals surface area contributed by atoms with E-state index in [9.17, 15) is 0 Å². The Hall–Kier alpha value is -1.47. The van der Waals surface area contributed by atoms with Crippen molar-refractivity contribution in [3.05, 3.63) is 30.0 Å². The molecular formula is C13H15N3S. The summed E-state index contributed by atoms with van der Waals surface area (Å²) in [4.78, 5) is 0. The molecule has 0 aliphatic rings. The fourth-order valence-corrected chi connectivity index (χ4v) is 2.51. The molecular weight excluding hydrogens is 230 g/mol. The van der Waals surface area contributed by atoms with Crippen LogP contribution in [0.1, 0.15) is 19.5 Å². The van der Waals surface area contributed by atoms with Gasteiger partial charge in [0, 0.05) is 11.1 Å². The first-order chi connectivity index (χ1) is 8.22. The Bertz CT molecular complexity index is 551. The average Bonchev–Trinajstić information content (AvgIpc) is 2.68. The Labute approximate surface area is 105 Å². The number of aryl methyl sites for hydroxylation is 1. The van der Waals surface area contributed by atoms with Crippen LogP contribution in [0.5, 0.6) is 0 Å². The Morgan fingerprint density at radius 2 is 2.18 bits per heavy atom. The summed E-state index contributed by atoms with van der Waals surface area (Å²) in [7, 11) is 0. The van der Waals surface area contributed by atoms with E-state index in [1.807, 2.05) is 40.7 Å². The summed E-state index contributed by atoms with van der Waals surface area (Å²) in [6.07, 6.45) is 0. The normalized spacial score (nSPS) is 10.9. The third-order valence-electron chi connectivity index (χ3n) is 2.52. The van der Waals surface area contributed by atoms with Crippen LogP contribution in [0.2, 0.25) is 0 Å². The topological polar surface area (TPSA) is 41.6 Å². The van der Waals surface area contributed by atoms with Gasteiger partial charge in [0.25, 0.3) is 0 Å². The quantitative estimate of drug-likeness (QED) is 0.831. The van der Waals surface area contributed by atoms with Crippen LogP contribution >= 0.6 is 11.8 Å². The molecule has 0 spiro atoms. The molecule has 1 aromatic carbocycles. The molecule has 0 bridgehead atoms. The molecule has 1 aromatic heterocycles. The molecule has 3 nitrogen and oxygen atoms in total. The molecule has 0 atom stereocenters. The number of aromatic nitrogens is 2. The highest BCUT2D eigenvalue weighted by atomic mass is 32.2. The molecule has 4 heteroatoms. The maximum Gasteiger partial charge on any atom is 0.170 e. The van der Waals surface area contributed by atoms with E-state index in [0.29, 0.717) is 10.9 Å². The summed E-state index contributed by atoms with van der Waals surface area (Å²) in [6, 6.07) is 10.0. The van der Waals surface area contributed by atoms with Crippen LogP contribution in [0, 0.1) is 11.3 Å². The lowest BCUT2D eigenvalue weighted by Gasteiger charge is -2.05. The number of hydrogen-bond acceptors (Lipinski definition) is 3. The predicted molar refractivity (Wildman–Crippen MR) is 72.0 cm³/mol. The SMILES string of the molecule is CC(C)SCCn1nc(C#N)c2ccccc21. The second-order valence-corrected chi connectivity index (χ2v) is 5.80. The first-order valence-electron chi connectivity index (χ1n) is 5.69. The van der Waals surface area contributed by atoms with Crippen molar-refractivity contribution in [2.75, 3.05) is 5.75 Å². The minimum absolute atomic E-state index is 0.523. The minimum Gasteiger partial charge on any atom is -0.263 e. The maximum absolute atomic E-state index is 9.03. The van der Waals surface area contributed by atoms with Crippen molar-refractivity contribution in [3.8, 4) is 6.07 Å². The van der Waals surface area contributed by atoms with E-state index in [2.05, 4.69) is 25.0 Å². The molecule has 0 amide bonds. The van der Waals surface area contributed by atoms with Gasteiger partial charge in [-0.2, -0.15) is 22.1 Å². The van der Waals surface area contributed by atoms with Crippen LogP contribution in [0.4, 0.5) is 0 Å². The molecule has 2 rings (SSSR count). The van der Waals surface area contributed by atoms with Gasteiger partial charge in [-0.15, -0.1) is 0 Å². The molecule has 0 radical (unpaired) electrons. The lowest BCUT2D eigenvalue weighted by molar-refractivity contribution is 0.687. The zero-order valence-electron chi connectivity index (χ0n) is 10.1.